The quantitative estimate of drug-likeness (QED) is 0.772. The summed E-state index contributed by atoms with van der Waals surface area (Å²) in [6, 6.07) is 8.02. The molecule has 24 heavy (non-hydrogen) atoms. The fourth-order valence-electron chi connectivity index (χ4n) is 3.14. The molecule has 0 aliphatic carbocycles. The molecule has 2 aromatic rings. The van der Waals surface area contributed by atoms with Gasteiger partial charge in [-0.25, -0.2) is 4.98 Å². The molecule has 1 fully saturated rings. The van der Waals surface area contributed by atoms with E-state index in [2.05, 4.69) is 31.0 Å². The van der Waals surface area contributed by atoms with Crippen LogP contribution in [-0.4, -0.2) is 28.9 Å². The Balaban J connectivity index is 1.64. The Hall–Kier alpha value is -1.39. The van der Waals surface area contributed by atoms with E-state index in [1.807, 2.05) is 24.0 Å². The van der Waals surface area contributed by atoms with Gasteiger partial charge in [0.25, 0.3) is 5.91 Å². The van der Waals surface area contributed by atoms with Gasteiger partial charge in [-0.3, -0.25) is 4.79 Å². The number of benzene rings is 1. The van der Waals surface area contributed by atoms with Gasteiger partial charge in [0.1, 0.15) is 4.88 Å². The van der Waals surface area contributed by atoms with Crippen molar-refractivity contribution >= 4 is 28.8 Å². The van der Waals surface area contributed by atoms with E-state index in [9.17, 15) is 4.79 Å². The fraction of sp³-hybridized carbons (Fsp3) is 0.474. The summed E-state index contributed by atoms with van der Waals surface area (Å²) in [5.74, 6) is 1.04. The fourth-order valence-corrected chi connectivity index (χ4v) is 4.31. The SMILES string of the molecule is Cc1nc(C(C)C)sc1C(=O)N1CCC(Cc2ccc(Cl)cc2)C1. The van der Waals surface area contributed by atoms with Crippen LogP contribution in [0.15, 0.2) is 24.3 Å². The number of hydrogen-bond acceptors (Lipinski definition) is 3. The molecule has 3 nitrogen and oxygen atoms in total. The normalized spacial score (nSPS) is 17.7. The lowest BCUT2D eigenvalue weighted by Crippen LogP contribution is -2.28. The van der Waals surface area contributed by atoms with E-state index in [0.29, 0.717) is 11.8 Å². The molecule has 1 aromatic carbocycles. The zero-order chi connectivity index (χ0) is 17.3. The number of thiazole rings is 1. The lowest BCUT2D eigenvalue weighted by atomic mass is 9.99. The van der Waals surface area contributed by atoms with Gasteiger partial charge in [0.2, 0.25) is 0 Å². The monoisotopic (exact) mass is 362 g/mol. The first-order valence-corrected chi connectivity index (χ1v) is 9.64. The molecule has 0 spiro atoms. The third-order valence-electron chi connectivity index (χ3n) is 4.51. The smallest absolute Gasteiger partial charge is 0.265 e. The van der Waals surface area contributed by atoms with Crippen LogP contribution in [0.4, 0.5) is 0 Å². The highest BCUT2D eigenvalue weighted by molar-refractivity contribution is 7.13. The van der Waals surface area contributed by atoms with E-state index in [4.69, 9.17) is 11.6 Å². The molecule has 128 valence electrons. The molecule has 3 rings (SSSR count). The van der Waals surface area contributed by atoms with Crippen molar-refractivity contribution in [1.82, 2.24) is 9.88 Å². The number of aromatic nitrogens is 1. The summed E-state index contributed by atoms with van der Waals surface area (Å²) in [6.45, 7) is 7.84. The van der Waals surface area contributed by atoms with Crippen LogP contribution >= 0.6 is 22.9 Å². The van der Waals surface area contributed by atoms with Crippen LogP contribution in [-0.2, 0) is 6.42 Å². The Labute approximate surface area is 152 Å². The number of nitrogens with zero attached hydrogens (tertiary/aromatic N) is 2. The summed E-state index contributed by atoms with van der Waals surface area (Å²) in [6.07, 6.45) is 2.06. The third kappa shape index (κ3) is 3.81. The van der Waals surface area contributed by atoms with Crippen molar-refractivity contribution in [2.24, 2.45) is 5.92 Å². The largest absolute Gasteiger partial charge is 0.338 e. The minimum atomic E-state index is 0.149. The van der Waals surface area contributed by atoms with Gasteiger partial charge < -0.3 is 4.90 Å². The number of carbonyl (C=O) groups is 1. The standard InChI is InChI=1S/C19H23ClN2OS/c1-12(2)18-21-13(3)17(24-18)19(23)22-9-8-15(11-22)10-14-4-6-16(20)7-5-14/h4-7,12,15H,8-11H2,1-3H3. The van der Waals surface area contributed by atoms with E-state index < -0.39 is 0 Å². The van der Waals surface area contributed by atoms with Gasteiger partial charge in [0.15, 0.2) is 0 Å². The Bertz CT molecular complexity index is 723. The van der Waals surface area contributed by atoms with Gasteiger partial charge in [0.05, 0.1) is 10.7 Å². The summed E-state index contributed by atoms with van der Waals surface area (Å²) in [7, 11) is 0. The van der Waals surface area contributed by atoms with Gasteiger partial charge in [-0.2, -0.15) is 0 Å². The maximum atomic E-state index is 12.8. The highest BCUT2D eigenvalue weighted by atomic mass is 35.5. The number of aryl methyl sites for hydroxylation is 1. The van der Waals surface area contributed by atoms with E-state index in [1.165, 1.54) is 5.56 Å². The minimum absolute atomic E-state index is 0.149. The number of amides is 1. The van der Waals surface area contributed by atoms with Gasteiger partial charge in [-0.1, -0.05) is 37.6 Å². The molecule has 0 radical (unpaired) electrons. The molecule has 1 aromatic heterocycles. The first-order chi connectivity index (χ1) is 11.4. The van der Waals surface area contributed by atoms with Crippen LogP contribution in [0, 0.1) is 12.8 Å². The molecule has 0 bridgehead atoms. The van der Waals surface area contributed by atoms with Crippen LogP contribution in [0.2, 0.25) is 5.02 Å². The molecule has 1 atom stereocenters. The molecule has 0 saturated carbocycles. The predicted octanol–water partition coefficient (Wildman–Crippen LogP) is 4.93. The summed E-state index contributed by atoms with van der Waals surface area (Å²) < 4.78 is 0. The van der Waals surface area contributed by atoms with E-state index in [-0.39, 0.29) is 5.91 Å². The zero-order valence-corrected chi connectivity index (χ0v) is 16.0. The Kier molecular flexibility index (Phi) is 5.26. The van der Waals surface area contributed by atoms with Crippen LogP contribution in [0.5, 0.6) is 0 Å². The molecule has 1 unspecified atom stereocenters. The Morgan fingerprint density at radius 3 is 2.71 bits per heavy atom. The number of carbonyl (C=O) groups excluding carboxylic acids is 1. The molecule has 5 heteroatoms. The lowest BCUT2D eigenvalue weighted by molar-refractivity contribution is 0.0791. The molecule has 1 aliphatic rings. The highest BCUT2D eigenvalue weighted by Crippen LogP contribution is 2.28. The van der Waals surface area contributed by atoms with Crippen LogP contribution in [0.25, 0.3) is 0 Å². The van der Waals surface area contributed by atoms with Crippen molar-refractivity contribution in [3.05, 3.63) is 50.4 Å². The van der Waals surface area contributed by atoms with Crippen molar-refractivity contribution in [1.29, 1.82) is 0 Å². The van der Waals surface area contributed by atoms with E-state index in [0.717, 1.165) is 46.5 Å². The average Bonchev–Trinajstić information content (AvgIpc) is 3.16. The van der Waals surface area contributed by atoms with Crippen molar-refractivity contribution < 1.29 is 4.79 Å². The van der Waals surface area contributed by atoms with Gasteiger partial charge in [-0.15, -0.1) is 11.3 Å². The highest BCUT2D eigenvalue weighted by Gasteiger charge is 2.29. The number of hydrogen-bond donors (Lipinski definition) is 0. The first kappa shape index (κ1) is 17.4. The second-order valence-electron chi connectivity index (χ2n) is 6.86. The second-order valence-corrected chi connectivity index (χ2v) is 8.32. The number of rotatable bonds is 4. The summed E-state index contributed by atoms with van der Waals surface area (Å²) in [5, 5.41) is 1.82. The summed E-state index contributed by atoms with van der Waals surface area (Å²) in [4.78, 5) is 20.2. The molecule has 1 amide bonds. The summed E-state index contributed by atoms with van der Waals surface area (Å²) >= 11 is 7.49. The van der Waals surface area contributed by atoms with Gasteiger partial charge in [-0.05, 0) is 43.4 Å². The first-order valence-electron chi connectivity index (χ1n) is 8.45. The zero-order valence-electron chi connectivity index (χ0n) is 14.4. The molecule has 1 saturated heterocycles. The molecular formula is C19H23ClN2OS. The molecule has 2 heterocycles. The van der Waals surface area contributed by atoms with E-state index >= 15 is 0 Å². The van der Waals surface area contributed by atoms with Crippen molar-refractivity contribution in [2.75, 3.05) is 13.1 Å². The Morgan fingerprint density at radius 2 is 2.08 bits per heavy atom. The van der Waals surface area contributed by atoms with Gasteiger partial charge >= 0.3 is 0 Å². The molecule has 0 N–H and O–H groups in total. The Morgan fingerprint density at radius 1 is 1.38 bits per heavy atom. The van der Waals surface area contributed by atoms with Gasteiger partial charge in [0, 0.05) is 24.0 Å². The topological polar surface area (TPSA) is 33.2 Å². The molecule has 1 aliphatic heterocycles. The maximum absolute atomic E-state index is 12.8. The maximum Gasteiger partial charge on any atom is 0.265 e. The number of halogens is 1. The summed E-state index contributed by atoms with van der Waals surface area (Å²) in [5.41, 5.74) is 2.16. The minimum Gasteiger partial charge on any atom is -0.338 e. The second kappa shape index (κ2) is 7.24. The average molecular weight is 363 g/mol. The molecular weight excluding hydrogens is 340 g/mol. The van der Waals surface area contributed by atoms with Crippen molar-refractivity contribution in [3.8, 4) is 0 Å². The van der Waals surface area contributed by atoms with Crippen molar-refractivity contribution in [3.63, 3.8) is 0 Å². The van der Waals surface area contributed by atoms with Crippen molar-refractivity contribution in [2.45, 2.75) is 39.5 Å². The lowest BCUT2D eigenvalue weighted by Gasteiger charge is -2.16. The number of likely N-dealkylation sites (tertiary alicyclic amines) is 1. The van der Waals surface area contributed by atoms with Crippen LogP contribution in [0.1, 0.15) is 52.1 Å². The van der Waals surface area contributed by atoms with Crippen LogP contribution < -0.4 is 0 Å². The van der Waals surface area contributed by atoms with Crippen LogP contribution in [0.3, 0.4) is 0 Å². The predicted molar refractivity (Wildman–Crippen MR) is 100 cm³/mol. The third-order valence-corrected chi connectivity index (χ3v) is 6.21. The van der Waals surface area contributed by atoms with E-state index in [1.54, 1.807) is 11.3 Å².